The summed E-state index contributed by atoms with van der Waals surface area (Å²) in [5.41, 5.74) is 4.42. The van der Waals surface area contributed by atoms with Gasteiger partial charge in [0, 0.05) is 18.1 Å². The molecule has 1 rings (SSSR count). The smallest absolute Gasteiger partial charge is 0.243 e. The van der Waals surface area contributed by atoms with Gasteiger partial charge in [0.1, 0.15) is 0 Å². The summed E-state index contributed by atoms with van der Waals surface area (Å²) in [4.78, 5) is 8.14. The van der Waals surface area contributed by atoms with E-state index in [9.17, 15) is 0 Å². The fraction of sp³-hybridized carbons (Fsp3) is 0.286. The number of aromatic nitrogens is 2. The van der Waals surface area contributed by atoms with Crippen LogP contribution in [0.5, 0.6) is 0 Å². The lowest BCUT2D eigenvalue weighted by atomic mass is 10.4. The minimum Gasteiger partial charge on any atom is -0.246 e. The van der Waals surface area contributed by atoms with Gasteiger partial charge in [0.2, 0.25) is 5.95 Å². The molecule has 4 nitrogen and oxygen atoms in total. The molecule has 11 heavy (non-hydrogen) atoms. The molecule has 1 heterocycles. The van der Waals surface area contributed by atoms with Crippen LogP contribution in [0.25, 0.3) is 0 Å². The second-order valence-electron chi connectivity index (χ2n) is 2.24. The first-order valence-electron chi connectivity index (χ1n) is 3.26. The SMILES string of the molecule is C=NNc1nc(C)cc(C)n1. The van der Waals surface area contributed by atoms with Crippen LogP contribution in [0.15, 0.2) is 11.2 Å². The lowest BCUT2D eigenvalue weighted by Crippen LogP contribution is -1.97. The van der Waals surface area contributed by atoms with E-state index < -0.39 is 0 Å². The second-order valence-corrected chi connectivity index (χ2v) is 2.24. The van der Waals surface area contributed by atoms with Crippen molar-refractivity contribution in [3.8, 4) is 0 Å². The standard InChI is InChI=1S/C7H10N4/c1-5-4-6(2)10-7(9-5)11-8-3/h4H,3H2,1-2H3,(H,9,10,11). The molecule has 1 N–H and O–H groups in total. The summed E-state index contributed by atoms with van der Waals surface area (Å²) < 4.78 is 0. The Bertz CT molecular complexity index is 249. The maximum absolute atomic E-state index is 4.07. The average molecular weight is 150 g/mol. The van der Waals surface area contributed by atoms with Crippen molar-refractivity contribution in [1.29, 1.82) is 0 Å². The molecule has 0 amide bonds. The Morgan fingerprint density at radius 2 is 1.91 bits per heavy atom. The molecule has 0 spiro atoms. The highest BCUT2D eigenvalue weighted by atomic mass is 15.3. The zero-order valence-electron chi connectivity index (χ0n) is 6.63. The van der Waals surface area contributed by atoms with E-state index >= 15 is 0 Å². The number of hydrogen-bond donors (Lipinski definition) is 1. The number of rotatable bonds is 2. The van der Waals surface area contributed by atoms with Crippen LogP contribution in [0, 0.1) is 13.8 Å². The van der Waals surface area contributed by atoms with Gasteiger partial charge in [-0.2, -0.15) is 5.10 Å². The van der Waals surface area contributed by atoms with E-state index in [1.54, 1.807) is 0 Å². The Kier molecular flexibility index (Phi) is 2.15. The van der Waals surface area contributed by atoms with Crippen LogP contribution >= 0.6 is 0 Å². The summed E-state index contributed by atoms with van der Waals surface area (Å²) in [6.07, 6.45) is 0. The predicted molar refractivity (Wildman–Crippen MR) is 44.7 cm³/mol. The van der Waals surface area contributed by atoms with Gasteiger partial charge in [-0.1, -0.05) is 0 Å². The number of nitrogens with zero attached hydrogens (tertiary/aromatic N) is 3. The third-order valence-electron chi connectivity index (χ3n) is 1.16. The van der Waals surface area contributed by atoms with Gasteiger partial charge in [-0.15, -0.1) is 0 Å². The van der Waals surface area contributed by atoms with E-state index in [0.717, 1.165) is 11.4 Å². The van der Waals surface area contributed by atoms with Crippen molar-refractivity contribution in [2.24, 2.45) is 5.10 Å². The highest BCUT2D eigenvalue weighted by Gasteiger charge is 1.95. The van der Waals surface area contributed by atoms with Crippen LogP contribution in [0.3, 0.4) is 0 Å². The van der Waals surface area contributed by atoms with Crippen LogP contribution in [-0.4, -0.2) is 16.7 Å². The van der Waals surface area contributed by atoms with Crippen molar-refractivity contribution in [1.82, 2.24) is 9.97 Å². The van der Waals surface area contributed by atoms with Gasteiger partial charge in [0.05, 0.1) is 0 Å². The molecule has 0 aliphatic heterocycles. The Balaban J connectivity index is 2.98. The van der Waals surface area contributed by atoms with Gasteiger partial charge in [-0.05, 0) is 19.9 Å². The number of hydrogen-bond acceptors (Lipinski definition) is 4. The zero-order chi connectivity index (χ0) is 8.27. The van der Waals surface area contributed by atoms with E-state index in [1.807, 2.05) is 19.9 Å². The fourth-order valence-corrected chi connectivity index (χ4v) is 0.847. The average Bonchev–Trinajstić information content (AvgIpc) is 1.85. The molecule has 0 radical (unpaired) electrons. The van der Waals surface area contributed by atoms with E-state index in [-0.39, 0.29) is 0 Å². The van der Waals surface area contributed by atoms with E-state index in [0.29, 0.717) is 5.95 Å². The van der Waals surface area contributed by atoms with Crippen molar-refractivity contribution in [3.63, 3.8) is 0 Å². The molecule has 0 fully saturated rings. The van der Waals surface area contributed by atoms with Crippen LogP contribution in [0.2, 0.25) is 0 Å². The first kappa shape index (κ1) is 7.65. The zero-order valence-corrected chi connectivity index (χ0v) is 6.63. The summed E-state index contributed by atoms with van der Waals surface area (Å²) in [5, 5.41) is 3.46. The summed E-state index contributed by atoms with van der Waals surface area (Å²) in [6.45, 7) is 7.09. The molecule has 0 bridgehead atoms. The van der Waals surface area contributed by atoms with Crippen LogP contribution in [0.1, 0.15) is 11.4 Å². The molecule has 0 saturated heterocycles. The number of aryl methyl sites for hydroxylation is 2. The molecule has 0 unspecified atom stereocenters. The molecule has 4 heteroatoms. The third kappa shape index (κ3) is 2.00. The predicted octanol–water partition coefficient (Wildman–Crippen LogP) is 1.12. The Labute approximate surface area is 65.4 Å². The molecule has 1 aromatic rings. The summed E-state index contributed by atoms with van der Waals surface area (Å²) in [7, 11) is 0. The Morgan fingerprint density at radius 1 is 1.36 bits per heavy atom. The lowest BCUT2D eigenvalue weighted by molar-refractivity contribution is 1.04. The topological polar surface area (TPSA) is 50.2 Å². The minimum atomic E-state index is 0.498. The summed E-state index contributed by atoms with van der Waals surface area (Å²) in [5.74, 6) is 0.498. The van der Waals surface area contributed by atoms with Gasteiger partial charge in [-0.3, -0.25) is 0 Å². The van der Waals surface area contributed by atoms with Crippen molar-refractivity contribution in [2.75, 3.05) is 5.43 Å². The third-order valence-corrected chi connectivity index (χ3v) is 1.16. The minimum absolute atomic E-state index is 0.498. The molecule has 0 saturated carbocycles. The van der Waals surface area contributed by atoms with Crippen LogP contribution < -0.4 is 5.43 Å². The second kappa shape index (κ2) is 3.09. The number of anilines is 1. The van der Waals surface area contributed by atoms with Crippen LogP contribution in [-0.2, 0) is 0 Å². The molecule has 58 valence electrons. The normalized spacial score (nSPS) is 9.27. The largest absolute Gasteiger partial charge is 0.246 e. The quantitative estimate of drug-likeness (QED) is 0.507. The molecule has 0 aliphatic carbocycles. The molecule has 1 aromatic heterocycles. The van der Waals surface area contributed by atoms with Gasteiger partial charge < -0.3 is 0 Å². The Hall–Kier alpha value is -1.45. The van der Waals surface area contributed by atoms with Crippen molar-refractivity contribution in [2.45, 2.75) is 13.8 Å². The van der Waals surface area contributed by atoms with Gasteiger partial charge >= 0.3 is 0 Å². The van der Waals surface area contributed by atoms with E-state index in [2.05, 4.69) is 27.2 Å². The lowest BCUT2D eigenvalue weighted by Gasteiger charge is -1.99. The molecule has 0 atom stereocenters. The summed E-state index contributed by atoms with van der Waals surface area (Å²) in [6, 6.07) is 1.90. The van der Waals surface area contributed by atoms with E-state index in [1.165, 1.54) is 0 Å². The maximum Gasteiger partial charge on any atom is 0.243 e. The number of nitrogens with one attached hydrogen (secondary N) is 1. The van der Waals surface area contributed by atoms with Crippen molar-refractivity contribution >= 4 is 12.7 Å². The van der Waals surface area contributed by atoms with Crippen molar-refractivity contribution in [3.05, 3.63) is 17.5 Å². The molecule has 0 aliphatic rings. The first-order chi connectivity index (χ1) is 5.22. The van der Waals surface area contributed by atoms with Crippen LogP contribution in [0.4, 0.5) is 5.95 Å². The first-order valence-corrected chi connectivity index (χ1v) is 3.26. The molecule has 0 aromatic carbocycles. The van der Waals surface area contributed by atoms with Gasteiger partial charge in [0.25, 0.3) is 0 Å². The van der Waals surface area contributed by atoms with Gasteiger partial charge in [0.15, 0.2) is 0 Å². The molecular weight excluding hydrogens is 140 g/mol. The highest BCUT2D eigenvalue weighted by molar-refractivity contribution is 5.32. The van der Waals surface area contributed by atoms with Crippen molar-refractivity contribution < 1.29 is 0 Å². The maximum atomic E-state index is 4.07. The van der Waals surface area contributed by atoms with Gasteiger partial charge in [-0.25, -0.2) is 15.4 Å². The number of hydrazone groups is 1. The van der Waals surface area contributed by atoms with E-state index in [4.69, 9.17) is 0 Å². The monoisotopic (exact) mass is 150 g/mol. The fourth-order valence-electron chi connectivity index (χ4n) is 0.847. The Morgan fingerprint density at radius 3 is 2.36 bits per heavy atom. The summed E-state index contributed by atoms with van der Waals surface area (Å²) >= 11 is 0. The molecular formula is C7H10N4. The highest BCUT2D eigenvalue weighted by Crippen LogP contribution is 2.02.